The van der Waals surface area contributed by atoms with Crippen molar-refractivity contribution in [3.05, 3.63) is 24.3 Å². The van der Waals surface area contributed by atoms with Crippen LogP contribution in [0, 0.1) is 11.8 Å². The molecular formula is C49H89NO9. The molecule has 0 amide bonds. The molecule has 0 bridgehead atoms. The van der Waals surface area contributed by atoms with Crippen LogP contribution in [-0.2, 0) is 33.3 Å². The molecule has 0 aromatic heterocycles. The zero-order chi connectivity index (χ0) is 43.0. The minimum atomic E-state index is -0.881. The third-order valence-corrected chi connectivity index (χ3v) is 11.3. The number of rotatable bonds is 40. The van der Waals surface area contributed by atoms with Crippen LogP contribution in [0.2, 0.25) is 0 Å². The first-order chi connectivity index (χ1) is 28.8. The fraction of sp³-hybridized carbons (Fsp3) is 0.857. The summed E-state index contributed by atoms with van der Waals surface area (Å²) >= 11 is 0. The molecule has 0 aliphatic carbocycles. The first-order valence-electron chi connectivity index (χ1n) is 24.2. The van der Waals surface area contributed by atoms with Crippen molar-refractivity contribution >= 4 is 18.1 Å². The molecule has 1 rings (SSSR count). The molecule has 344 valence electrons. The van der Waals surface area contributed by atoms with Gasteiger partial charge >= 0.3 is 18.1 Å². The van der Waals surface area contributed by atoms with Gasteiger partial charge in [-0.1, -0.05) is 141 Å². The number of piperidine rings is 1. The molecule has 0 aromatic rings. The van der Waals surface area contributed by atoms with Crippen molar-refractivity contribution in [3.63, 3.8) is 0 Å². The van der Waals surface area contributed by atoms with Gasteiger partial charge in [-0.15, -0.1) is 0 Å². The van der Waals surface area contributed by atoms with E-state index < -0.39 is 36.2 Å². The van der Waals surface area contributed by atoms with Crippen molar-refractivity contribution in [3.8, 4) is 0 Å². The molecule has 2 unspecified atom stereocenters. The van der Waals surface area contributed by atoms with E-state index in [1.54, 1.807) is 0 Å². The maximum Gasteiger partial charge on any atom is 0.508 e. The number of unbranched alkanes of at least 4 members (excludes halogenated alkanes) is 17. The molecule has 0 spiro atoms. The highest BCUT2D eigenvalue weighted by atomic mass is 16.7. The van der Waals surface area contributed by atoms with E-state index in [-0.39, 0.29) is 32.2 Å². The second kappa shape index (κ2) is 39.7. The van der Waals surface area contributed by atoms with E-state index in [1.807, 2.05) is 7.05 Å². The Labute approximate surface area is 360 Å². The number of carboxylic acids is 1. The third kappa shape index (κ3) is 33.9. The lowest BCUT2D eigenvalue weighted by molar-refractivity contribution is -0.160. The van der Waals surface area contributed by atoms with Crippen LogP contribution in [0.15, 0.2) is 24.3 Å². The third-order valence-electron chi connectivity index (χ3n) is 11.3. The number of carboxylic acid groups (broad SMARTS) is 1. The van der Waals surface area contributed by atoms with E-state index in [4.69, 9.17) is 23.7 Å². The lowest BCUT2D eigenvalue weighted by Gasteiger charge is -2.28. The first kappa shape index (κ1) is 54.6. The largest absolute Gasteiger partial charge is 0.508 e. The van der Waals surface area contributed by atoms with Crippen LogP contribution in [0.25, 0.3) is 0 Å². The predicted octanol–water partition coefficient (Wildman–Crippen LogP) is 12.8. The van der Waals surface area contributed by atoms with Crippen LogP contribution in [0.3, 0.4) is 0 Å². The van der Waals surface area contributed by atoms with Crippen LogP contribution in [0.4, 0.5) is 4.79 Å². The Hall–Kier alpha value is -2.43. The van der Waals surface area contributed by atoms with Gasteiger partial charge in [0.1, 0.15) is 12.7 Å². The molecule has 0 aromatic carbocycles. The number of hydrogen-bond donors (Lipinski definition) is 1. The monoisotopic (exact) mass is 836 g/mol. The highest BCUT2D eigenvalue weighted by Crippen LogP contribution is 2.23. The van der Waals surface area contributed by atoms with Crippen molar-refractivity contribution in [2.45, 2.75) is 213 Å². The minimum absolute atomic E-state index is 0.0354. The summed E-state index contributed by atoms with van der Waals surface area (Å²) in [4.78, 5) is 40.4. The van der Waals surface area contributed by atoms with E-state index in [9.17, 15) is 19.5 Å². The maximum absolute atomic E-state index is 13.1. The Kier molecular flexibility index (Phi) is 36.7. The number of likely N-dealkylation sites (tertiary alicyclic amines) is 1. The van der Waals surface area contributed by atoms with Gasteiger partial charge in [0.2, 0.25) is 0 Å². The van der Waals surface area contributed by atoms with Crippen LogP contribution >= 0.6 is 0 Å². The Balaban J connectivity index is 2.67. The zero-order valence-corrected chi connectivity index (χ0v) is 38.3. The summed E-state index contributed by atoms with van der Waals surface area (Å²) in [6, 6.07) is 0. The molecule has 10 nitrogen and oxygen atoms in total. The van der Waals surface area contributed by atoms with E-state index in [0.717, 1.165) is 96.6 Å². The highest BCUT2D eigenvalue weighted by molar-refractivity contribution is 5.70. The highest BCUT2D eigenvalue weighted by Gasteiger charge is 2.27. The van der Waals surface area contributed by atoms with Crippen molar-refractivity contribution in [2.75, 3.05) is 46.6 Å². The molecule has 10 heteroatoms. The molecule has 1 fully saturated rings. The van der Waals surface area contributed by atoms with Gasteiger partial charge < -0.3 is 33.7 Å². The van der Waals surface area contributed by atoms with Crippen molar-refractivity contribution in [1.82, 2.24) is 4.90 Å². The molecule has 1 aliphatic heterocycles. The van der Waals surface area contributed by atoms with Crippen molar-refractivity contribution in [1.29, 1.82) is 0 Å². The van der Waals surface area contributed by atoms with E-state index in [0.29, 0.717) is 26.1 Å². The summed E-state index contributed by atoms with van der Waals surface area (Å²) < 4.78 is 29.0. The van der Waals surface area contributed by atoms with Crippen molar-refractivity contribution in [2.24, 2.45) is 11.8 Å². The standard InChI is InChI=1S/C49H89NO9/c1-5-8-11-14-17-18-19-20-21-22-23-24-25-28-31-44(48(52)53)40-43(42-58-49(54)59-45-34-36-50(4)37-35-45)41-57-46(51)32-33-47(55-38-29-26-15-12-9-6-2)56-39-30-27-16-13-10-7-3/h17-18,20-21,43-45,47H,5-16,19,22-42H2,1-4H3,(H,52,53)/b18-17-,21-20-. The number of allylic oxidation sites excluding steroid dienone is 4. The van der Waals surface area contributed by atoms with Gasteiger partial charge in [0.15, 0.2) is 6.29 Å². The number of carbonyl (C=O) groups excluding carboxylic acids is 2. The SMILES string of the molecule is CCCCC/C=C\C/C=C\CCCCCCC(CC(COC(=O)CCC(OCCCCCCCC)OCCCCCCCC)COC(=O)OC1CCN(C)CC1)C(=O)O. The molecule has 1 saturated heterocycles. The quantitative estimate of drug-likeness (QED) is 0.0276. The normalized spacial score (nSPS) is 15.0. The number of hydrogen-bond acceptors (Lipinski definition) is 9. The maximum atomic E-state index is 13.1. The molecule has 59 heavy (non-hydrogen) atoms. The summed E-state index contributed by atoms with van der Waals surface area (Å²) in [6.45, 7) is 9.43. The molecule has 1 aliphatic rings. The predicted molar refractivity (Wildman–Crippen MR) is 240 cm³/mol. The van der Waals surface area contributed by atoms with Crippen molar-refractivity contribution < 1.29 is 43.2 Å². The summed E-state index contributed by atoms with van der Waals surface area (Å²) in [6.07, 6.45) is 35.2. The Morgan fingerprint density at radius 2 is 1.15 bits per heavy atom. The summed E-state index contributed by atoms with van der Waals surface area (Å²) in [5.41, 5.74) is 0. The van der Waals surface area contributed by atoms with Gasteiger partial charge in [-0.25, -0.2) is 4.79 Å². The van der Waals surface area contributed by atoms with Gasteiger partial charge in [0.25, 0.3) is 0 Å². The molecular weight excluding hydrogens is 747 g/mol. The Bertz CT molecular complexity index is 1040. The molecule has 0 radical (unpaired) electrons. The topological polar surface area (TPSA) is 121 Å². The second-order valence-electron chi connectivity index (χ2n) is 16.9. The first-order valence-corrected chi connectivity index (χ1v) is 24.2. The van der Waals surface area contributed by atoms with Crippen LogP contribution in [0.1, 0.15) is 201 Å². The number of carbonyl (C=O) groups is 3. The second-order valence-corrected chi connectivity index (χ2v) is 16.9. The molecule has 1 N–H and O–H groups in total. The van der Waals surface area contributed by atoms with Gasteiger partial charge in [0.05, 0.1) is 18.9 Å². The lowest BCUT2D eigenvalue weighted by atomic mass is 9.90. The molecule has 0 saturated carbocycles. The number of ether oxygens (including phenoxy) is 5. The Morgan fingerprint density at radius 1 is 0.644 bits per heavy atom. The van der Waals surface area contributed by atoms with Crippen LogP contribution < -0.4 is 0 Å². The Morgan fingerprint density at radius 3 is 1.75 bits per heavy atom. The fourth-order valence-electron chi connectivity index (χ4n) is 7.34. The van der Waals surface area contributed by atoms with Gasteiger partial charge in [-0.2, -0.15) is 0 Å². The molecule has 1 heterocycles. The van der Waals surface area contributed by atoms with E-state index >= 15 is 0 Å². The smallest absolute Gasteiger partial charge is 0.481 e. The van der Waals surface area contributed by atoms with E-state index in [2.05, 4.69) is 50.0 Å². The molecule has 2 atom stereocenters. The number of aliphatic carboxylic acids is 1. The van der Waals surface area contributed by atoms with Gasteiger partial charge in [0, 0.05) is 38.6 Å². The average Bonchev–Trinajstić information content (AvgIpc) is 3.22. The number of nitrogens with zero attached hydrogens (tertiary/aromatic N) is 1. The fourth-order valence-corrected chi connectivity index (χ4v) is 7.34. The van der Waals surface area contributed by atoms with Gasteiger partial charge in [-0.3, -0.25) is 9.59 Å². The van der Waals surface area contributed by atoms with E-state index in [1.165, 1.54) is 70.6 Å². The zero-order valence-electron chi connectivity index (χ0n) is 38.3. The summed E-state index contributed by atoms with van der Waals surface area (Å²) in [5, 5.41) is 10.2. The summed E-state index contributed by atoms with van der Waals surface area (Å²) in [7, 11) is 2.04. The summed E-state index contributed by atoms with van der Waals surface area (Å²) in [5.74, 6) is -2.39. The minimum Gasteiger partial charge on any atom is -0.481 e. The van der Waals surface area contributed by atoms with Crippen LogP contribution in [0.5, 0.6) is 0 Å². The number of esters is 1. The average molecular weight is 836 g/mol. The van der Waals surface area contributed by atoms with Crippen LogP contribution in [-0.4, -0.2) is 87.1 Å². The van der Waals surface area contributed by atoms with Gasteiger partial charge in [-0.05, 0) is 77.7 Å². The lowest BCUT2D eigenvalue weighted by Crippen LogP contribution is -2.35.